The Hall–Kier alpha value is -2.78. The Kier molecular flexibility index (Phi) is 9.61. The predicted molar refractivity (Wildman–Crippen MR) is 116 cm³/mol. The first-order valence-corrected chi connectivity index (χ1v) is 10.2. The van der Waals surface area contributed by atoms with E-state index in [9.17, 15) is 14.7 Å². The van der Waals surface area contributed by atoms with Crippen molar-refractivity contribution >= 4 is 11.8 Å². The minimum atomic E-state index is -1.21. The smallest absolute Gasteiger partial charge is 0.242 e. The first kappa shape index (κ1) is 24.5. The molecule has 8 heteroatoms. The zero-order chi connectivity index (χ0) is 22.8. The van der Waals surface area contributed by atoms with E-state index in [0.29, 0.717) is 6.42 Å². The highest BCUT2D eigenvalue weighted by molar-refractivity contribution is 5.89. The van der Waals surface area contributed by atoms with E-state index < -0.39 is 24.0 Å². The fraction of sp³-hybridized carbons (Fsp3) is 0.391. The third kappa shape index (κ3) is 7.45. The Morgan fingerprint density at radius 1 is 0.968 bits per heavy atom. The van der Waals surface area contributed by atoms with E-state index in [1.807, 2.05) is 62.4 Å². The lowest BCUT2D eigenvalue weighted by molar-refractivity contribution is -0.158. The summed E-state index contributed by atoms with van der Waals surface area (Å²) in [5, 5.41) is 24.6. The van der Waals surface area contributed by atoms with Gasteiger partial charge in [0.1, 0.15) is 6.04 Å². The highest BCUT2D eigenvalue weighted by Crippen LogP contribution is 2.18. The molecule has 2 aromatic rings. The van der Waals surface area contributed by atoms with E-state index in [-0.39, 0.29) is 18.9 Å². The largest absolute Gasteiger partial charge is 0.390 e. The molecule has 2 amide bonds. The number of aryl methyl sites for hydroxylation is 2. The fourth-order valence-corrected chi connectivity index (χ4v) is 3.34. The average Bonchev–Trinajstić information content (AvgIpc) is 2.77. The molecular weight excluding hydrogens is 398 g/mol. The first-order chi connectivity index (χ1) is 14.8. The summed E-state index contributed by atoms with van der Waals surface area (Å²) in [6.45, 7) is 3.67. The Bertz CT molecular complexity index is 860. The van der Waals surface area contributed by atoms with Gasteiger partial charge in [-0.1, -0.05) is 54.2 Å². The summed E-state index contributed by atoms with van der Waals surface area (Å²) in [6.07, 6.45) is -0.648. The van der Waals surface area contributed by atoms with Gasteiger partial charge in [-0.15, -0.1) is 0 Å². The highest BCUT2D eigenvalue weighted by atomic mass is 16.8. The maximum Gasteiger partial charge on any atom is 0.242 e. The van der Waals surface area contributed by atoms with Gasteiger partial charge < -0.3 is 15.7 Å². The van der Waals surface area contributed by atoms with E-state index in [2.05, 4.69) is 15.5 Å². The molecule has 8 nitrogen and oxygen atoms in total. The lowest BCUT2D eigenvalue weighted by Gasteiger charge is -2.25. The molecule has 2 aromatic carbocycles. The average molecular weight is 430 g/mol. The molecule has 0 aliphatic heterocycles. The Morgan fingerprint density at radius 2 is 1.68 bits per heavy atom. The molecule has 0 saturated carbocycles. The lowest BCUT2D eigenvalue weighted by atomic mass is 9.91. The number of nitrogens with one attached hydrogen (secondary N) is 3. The summed E-state index contributed by atoms with van der Waals surface area (Å²) in [6, 6.07) is 14.4. The number of aliphatic hydroxyl groups excluding tert-OH is 1. The van der Waals surface area contributed by atoms with Crippen molar-refractivity contribution in [1.29, 1.82) is 0 Å². The van der Waals surface area contributed by atoms with Crippen LogP contribution in [0, 0.1) is 19.8 Å². The summed E-state index contributed by atoms with van der Waals surface area (Å²) < 4.78 is 0. The molecule has 168 valence electrons. The normalized spacial score (nSPS) is 13.8. The van der Waals surface area contributed by atoms with Gasteiger partial charge in [-0.05, 0) is 42.5 Å². The SMILES string of the molecule is CNC(=O)[C@H](Cc1ccccc1)NC(=O)[C@H](Cc1ccc(C)c(C)c1)C(O)CONO. The van der Waals surface area contributed by atoms with Crippen molar-refractivity contribution in [3.63, 3.8) is 0 Å². The molecule has 0 spiro atoms. The number of amides is 2. The van der Waals surface area contributed by atoms with Crippen LogP contribution in [0.2, 0.25) is 0 Å². The van der Waals surface area contributed by atoms with Crippen molar-refractivity contribution in [1.82, 2.24) is 16.3 Å². The third-order valence-corrected chi connectivity index (χ3v) is 5.31. The number of aliphatic hydroxyl groups is 1. The lowest BCUT2D eigenvalue weighted by Crippen LogP contribution is -2.51. The number of carbonyl (C=O) groups is 2. The van der Waals surface area contributed by atoms with Gasteiger partial charge in [-0.3, -0.25) is 19.6 Å². The second-order valence-electron chi connectivity index (χ2n) is 7.56. The van der Waals surface area contributed by atoms with Crippen LogP contribution in [0.3, 0.4) is 0 Å². The van der Waals surface area contributed by atoms with Crippen LogP contribution >= 0.6 is 0 Å². The van der Waals surface area contributed by atoms with Gasteiger partial charge in [0.05, 0.1) is 18.6 Å². The number of likely N-dealkylation sites (N-methyl/N-ethyl adjacent to an activating group) is 1. The van der Waals surface area contributed by atoms with Crippen molar-refractivity contribution in [2.75, 3.05) is 13.7 Å². The summed E-state index contributed by atoms with van der Waals surface area (Å²) in [5.41, 5.74) is 5.49. The van der Waals surface area contributed by atoms with Crippen LogP contribution in [0.15, 0.2) is 48.5 Å². The molecule has 0 radical (unpaired) electrons. The van der Waals surface area contributed by atoms with Gasteiger partial charge in [0.25, 0.3) is 0 Å². The van der Waals surface area contributed by atoms with E-state index in [0.717, 1.165) is 22.3 Å². The molecule has 0 saturated heterocycles. The number of hydrogen-bond acceptors (Lipinski definition) is 6. The molecule has 0 aromatic heterocycles. The van der Waals surface area contributed by atoms with Gasteiger partial charge >= 0.3 is 0 Å². The van der Waals surface area contributed by atoms with Crippen molar-refractivity contribution in [3.8, 4) is 0 Å². The van der Waals surface area contributed by atoms with E-state index >= 15 is 0 Å². The van der Waals surface area contributed by atoms with E-state index in [1.54, 1.807) is 0 Å². The molecule has 31 heavy (non-hydrogen) atoms. The summed E-state index contributed by atoms with van der Waals surface area (Å²) in [4.78, 5) is 30.2. The minimum Gasteiger partial charge on any atom is -0.390 e. The second-order valence-corrected chi connectivity index (χ2v) is 7.56. The predicted octanol–water partition coefficient (Wildman–Crippen LogP) is 1.21. The van der Waals surface area contributed by atoms with Crippen LogP contribution in [0.1, 0.15) is 22.3 Å². The number of carbonyl (C=O) groups excluding carboxylic acids is 2. The molecular formula is C23H31N3O5. The van der Waals surface area contributed by atoms with Crippen LogP contribution < -0.4 is 16.3 Å². The Balaban J connectivity index is 2.21. The molecule has 0 aliphatic rings. The molecule has 0 aliphatic carbocycles. The maximum atomic E-state index is 13.1. The first-order valence-electron chi connectivity index (χ1n) is 10.2. The van der Waals surface area contributed by atoms with Gasteiger partial charge in [-0.25, -0.2) is 0 Å². The van der Waals surface area contributed by atoms with Crippen LogP contribution in [-0.4, -0.2) is 47.9 Å². The van der Waals surface area contributed by atoms with Gasteiger partial charge in [0, 0.05) is 13.5 Å². The van der Waals surface area contributed by atoms with Crippen molar-refractivity contribution < 1.29 is 24.7 Å². The van der Waals surface area contributed by atoms with Crippen LogP contribution in [0.5, 0.6) is 0 Å². The molecule has 2 rings (SSSR count). The van der Waals surface area contributed by atoms with Gasteiger partial charge in [-0.2, -0.15) is 0 Å². The van der Waals surface area contributed by atoms with Crippen molar-refractivity contribution in [3.05, 3.63) is 70.8 Å². The minimum absolute atomic E-state index is 0.245. The van der Waals surface area contributed by atoms with Crippen LogP contribution in [0.4, 0.5) is 0 Å². The topological polar surface area (TPSA) is 120 Å². The fourth-order valence-electron chi connectivity index (χ4n) is 3.34. The summed E-state index contributed by atoms with van der Waals surface area (Å²) in [5.74, 6) is -1.69. The highest BCUT2D eigenvalue weighted by Gasteiger charge is 2.31. The number of benzene rings is 2. The molecule has 5 N–H and O–H groups in total. The molecule has 3 atom stereocenters. The van der Waals surface area contributed by atoms with Crippen molar-refractivity contribution in [2.24, 2.45) is 5.92 Å². The van der Waals surface area contributed by atoms with E-state index in [4.69, 9.17) is 5.21 Å². The molecule has 0 bridgehead atoms. The van der Waals surface area contributed by atoms with Crippen LogP contribution in [-0.2, 0) is 27.3 Å². The van der Waals surface area contributed by atoms with Gasteiger partial charge in [0.15, 0.2) is 0 Å². The molecule has 0 fully saturated rings. The van der Waals surface area contributed by atoms with Gasteiger partial charge in [0.2, 0.25) is 11.8 Å². The summed E-state index contributed by atoms with van der Waals surface area (Å²) >= 11 is 0. The zero-order valence-corrected chi connectivity index (χ0v) is 18.1. The van der Waals surface area contributed by atoms with E-state index in [1.165, 1.54) is 12.7 Å². The number of rotatable bonds is 11. The standard InChI is InChI=1S/C23H31N3O5/c1-15-9-10-18(11-16(15)2)12-19(21(27)14-31-26-30)22(28)25-20(23(29)24-3)13-17-7-5-4-6-8-17/h4-11,19-21,26-27,30H,12-14H2,1-3H3,(H,24,29)(H,25,28)/t19-,20+,21?/m1/s1. The quantitative estimate of drug-likeness (QED) is 0.343. The Labute approximate surface area is 182 Å². The molecule has 1 unspecified atom stereocenters. The Morgan fingerprint density at radius 3 is 2.29 bits per heavy atom. The van der Waals surface area contributed by atoms with Crippen LogP contribution in [0.25, 0.3) is 0 Å². The summed E-state index contributed by atoms with van der Waals surface area (Å²) in [7, 11) is 1.51. The second kappa shape index (κ2) is 12.2. The third-order valence-electron chi connectivity index (χ3n) is 5.31. The monoisotopic (exact) mass is 429 g/mol. The molecule has 0 heterocycles. The number of hydrogen-bond donors (Lipinski definition) is 5. The maximum absolute atomic E-state index is 13.1. The van der Waals surface area contributed by atoms with Crippen molar-refractivity contribution in [2.45, 2.75) is 38.8 Å². The zero-order valence-electron chi connectivity index (χ0n) is 18.1.